The lowest BCUT2D eigenvalue weighted by Crippen LogP contribution is -2.42. The molecule has 0 aliphatic rings. The van der Waals surface area contributed by atoms with Gasteiger partial charge in [0.05, 0.1) is 13.5 Å². The van der Waals surface area contributed by atoms with E-state index in [2.05, 4.69) is 4.74 Å². The summed E-state index contributed by atoms with van der Waals surface area (Å²) in [6, 6.07) is 0. The summed E-state index contributed by atoms with van der Waals surface area (Å²) in [6.45, 7) is 3.54. The van der Waals surface area contributed by atoms with Crippen molar-refractivity contribution < 1.29 is 24.5 Å². The Morgan fingerprint density at radius 1 is 1.43 bits per heavy atom. The van der Waals surface area contributed by atoms with Crippen molar-refractivity contribution in [2.75, 3.05) is 7.11 Å². The van der Waals surface area contributed by atoms with Crippen LogP contribution >= 0.6 is 0 Å². The summed E-state index contributed by atoms with van der Waals surface area (Å²) in [7, 11) is 1.15. The normalized spacial score (nSPS) is 14.9. The molecule has 0 saturated carbocycles. The zero-order valence-corrected chi connectivity index (χ0v) is 8.61. The Labute approximate surface area is 82.7 Å². The highest BCUT2D eigenvalue weighted by Gasteiger charge is 2.39. The van der Waals surface area contributed by atoms with Gasteiger partial charge in [-0.05, 0) is 12.3 Å². The highest BCUT2D eigenvalue weighted by molar-refractivity contribution is 5.84. The van der Waals surface area contributed by atoms with Crippen LogP contribution in [0.5, 0.6) is 0 Å². The van der Waals surface area contributed by atoms with Gasteiger partial charge >= 0.3 is 11.9 Å². The van der Waals surface area contributed by atoms with E-state index in [9.17, 15) is 14.7 Å². The van der Waals surface area contributed by atoms with Gasteiger partial charge < -0.3 is 14.9 Å². The molecule has 82 valence electrons. The molecule has 0 unspecified atom stereocenters. The Bertz CT molecular complexity index is 223. The van der Waals surface area contributed by atoms with E-state index in [1.165, 1.54) is 0 Å². The fourth-order valence-electron chi connectivity index (χ4n) is 1.22. The average Bonchev–Trinajstić information content (AvgIpc) is 2.02. The van der Waals surface area contributed by atoms with Gasteiger partial charge in [-0.25, -0.2) is 4.79 Å². The number of carbonyl (C=O) groups is 2. The van der Waals surface area contributed by atoms with Gasteiger partial charge in [-0.1, -0.05) is 13.8 Å². The Kier molecular flexibility index (Phi) is 4.56. The third kappa shape index (κ3) is 3.74. The summed E-state index contributed by atoms with van der Waals surface area (Å²) in [5, 5.41) is 18.4. The van der Waals surface area contributed by atoms with Crippen LogP contribution in [0, 0.1) is 5.92 Å². The number of aliphatic hydroxyl groups is 1. The first-order valence-electron chi connectivity index (χ1n) is 4.34. The summed E-state index contributed by atoms with van der Waals surface area (Å²) in [6.07, 6.45) is -0.492. The Morgan fingerprint density at radius 3 is 2.21 bits per heavy atom. The van der Waals surface area contributed by atoms with Gasteiger partial charge in [0.25, 0.3) is 0 Å². The molecule has 0 aromatic carbocycles. The lowest BCUT2D eigenvalue weighted by molar-refractivity contribution is -0.168. The van der Waals surface area contributed by atoms with Crippen LogP contribution in [0.1, 0.15) is 26.7 Å². The summed E-state index contributed by atoms with van der Waals surface area (Å²) >= 11 is 0. The molecule has 14 heavy (non-hydrogen) atoms. The van der Waals surface area contributed by atoms with Gasteiger partial charge in [0.15, 0.2) is 5.60 Å². The lowest BCUT2D eigenvalue weighted by Gasteiger charge is -2.23. The van der Waals surface area contributed by atoms with Gasteiger partial charge in [0, 0.05) is 0 Å². The van der Waals surface area contributed by atoms with Gasteiger partial charge in [0.2, 0.25) is 0 Å². The van der Waals surface area contributed by atoms with Crippen molar-refractivity contribution in [2.45, 2.75) is 32.3 Å². The molecule has 2 N–H and O–H groups in total. The Morgan fingerprint density at radius 2 is 1.93 bits per heavy atom. The third-order valence-electron chi connectivity index (χ3n) is 1.81. The fraction of sp³-hybridized carbons (Fsp3) is 0.778. The molecular weight excluding hydrogens is 188 g/mol. The first-order valence-corrected chi connectivity index (χ1v) is 4.34. The number of hydrogen-bond donors (Lipinski definition) is 2. The zero-order chi connectivity index (χ0) is 11.4. The maximum Gasteiger partial charge on any atom is 0.336 e. The van der Waals surface area contributed by atoms with E-state index in [0.29, 0.717) is 0 Å². The SMILES string of the molecule is COC(=O)C[C@](O)(CC(C)C)C(=O)O. The molecule has 0 radical (unpaired) electrons. The molecule has 5 heteroatoms. The fourth-order valence-corrected chi connectivity index (χ4v) is 1.22. The van der Waals surface area contributed by atoms with Crippen molar-refractivity contribution in [2.24, 2.45) is 5.92 Å². The second-order valence-corrected chi connectivity index (χ2v) is 3.69. The minimum atomic E-state index is -2.01. The van der Waals surface area contributed by atoms with Crippen LogP contribution in [0.4, 0.5) is 0 Å². The van der Waals surface area contributed by atoms with E-state index in [0.717, 1.165) is 7.11 Å². The van der Waals surface area contributed by atoms with E-state index in [1.807, 2.05) is 0 Å². The van der Waals surface area contributed by atoms with Gasteiger partial charge in [-0.2, -0.15) is 0 Å². The molecule has 0 heterocycles. The second kappa shape index (κ2) is 4.95. The zero-order valence-electron chi connectivity index (χ0n) is 8.61. The van der Waals surface area contributed by atoms with Crippen LogP contribution in [0.15, 0.2) is 0 Å². The number of ether oxygens (including phenoxy) is 1. The number of aliphatic carboxylic acids is 1. The number of carbonyl (C=O) groups excluding carboxylic acids is 1. The van der Waals surface area contributed by atoms with Crippen molar-refractivity contribution in [3.63, 3.8) is 0 Å². The van der Waals surface area contributed by atoms with Crippen molar-refractivity contribution in [3.8, 4) is 0 Å². The highest BCUT2D eigenvalue weighted by Crippen LogP contribution is 2.21. The predicted octanol–water partition coefficient (Wildman–Crippen LogP) is 0.411. The van der Waals surface area contributed by atoms with Crippen LogP contribution < -0.4 is 0 Å². The van der Waals surface area contributed by atoms with Crippen molar-refractivity contribution in [1.82, 2.24) is 0 Å². The van der Waals surface area contributed by atoms with Gasteiger partial charge in [-0.15, -0.1) is 0 Å². The maximum absolute atomic E-state index is 10.9. The van der Waals surface area contributed by atoms with E-state index >= 15 is 0 Å². The molecule has 0 bridgehead atoms. The quantitative estimate of drug-likeness (QED) is 0.634. The topological polar surface area (TPSA) is 83.8 Å². The maximum atomic E-state index is 10.9. The first-order chi connectivity index (χ1) is 6.31. The molecular formula is C9H16O5. The average molecular weight is 204 g/mol. The molecule has 5 nitrogen and oxygen atoms in total. The standard InChI is InChI=1S/C9H16O5/c1-6(2)4-9(13,8(11)12)5-7(10)14-3/h6,13H,4-5H2,1-3H3,(H,11,12)/t9-/m1/s1. The van der Waals surface area contributed by atoms with Crippen molar-refractivity contribution in [3.05, 3.63) is 0 Å². The largest absolute Gasteiger partial charge is 0.479 e. The third-order valence-corrected chi connectivity index (χ3v) is 1.81. The predicted molar refractivity (Wildman–Crippen MR) is 48.7 cm³/mol. The molecule has 0 aliphatic heterocycles. The van der Waals surface area contributed by atoms with Crippen molar-refractivity contribution in [1.29, 1.82) is 0 Å². The Hall–Kier alpha value is -1.10. The summed E-state index contributed by atoms with van der Waals surface area (Å²) in [5.74, 6) is -2.13. The first kappa shape index (κ1) is 12.9. The van der Waals surface area contributed by atoms with Gasteiger partial charge in [-0.3, -0.25) is 4.79 Å². The monoisotopic (exact) mass is 204 g/mol. The Balaban J connectivity index is 4.55. The molecule has 0 fully saturated rings. The van der Waals surface area contributed by atoms with Gasteiger partial charge in [0.1, 0.15) is 0 Å². The van der Waals surface area contributed by atoms with E-state index in [-0.39, 0.29) is 12.3 Å². The van der Waals surface area contributed by atoms with Crippen LogP contribution in [-0.4, -0.2) is 34.9 Å². The molecule has 0 aromatic rings. The molecule has 0 spiro atoms. The number of carboxylic acids is 1. The summed E-state index contributed by atoms with van der Waals surface area (Å²) < 4.78 is 4.32. The number of hydrogen-bond acceptors (Lipinski definition) is 4. The molecule has 0 rings (SSSR count). The molecule has 0 aliphatic carbocycles. The van der Waals surface area contributed by atoms with Crippen LogP contribution in [0.25, 0.3) is 0 Å². The van der Waals surface area contributed by atoms with Crippen molar-refractivity contribution >= 4 is 11.9 Å². The minimum absolute atomic E-state index is 0.0132. The smallest absolute Gasteiger partial charge is 0.336 e. The molecule has 1 atom stereocenters. The number of esters is 1. The summed E-state index contributed by atoms with van der Waals surface area (Å²) in [5.41, 5.74) is -2.01. The molecule has 0 amide bonds. The highest BCUT2D eigenvalue weighted by atomic mass is 16.5. The van der Waals surface area contributed by atoms with E-state index in [1.54, 1.807) is 13.8 Å². The lowest BCUT2D eigenvalue weighted by atomic mass is 9.89. The molecule has 0 aromatic heterocycles. The van der Waals surface area contributed by atoms with Crippen LogP contribution in [-0.2, 0) is 14.3 Å². The number of rotatable bonds is 5. The van der Waals surface area contributed by atoms with Crippen LogP contribution in [0.3, 0.4) is 0 Å². The van der Waals surface area contributed by atoms with E-state index < -0.39 is 24.0 Å². The number of carboxylic acid groups (broad SMARTS) is 1. The summed E-state index contributed by atoms with van der Waals surface area (Å²) in [4.78, 5) is 21.6. The van der Waals surface area contributed by atoms with E-state index in [4.69, 9.17) is 5.11 Å². The van der Waals surface area contributed by atoms with Crippen LogP contribution in [0.2, 0.25) is 0 Å². The second-order valence-electron chi connectivity index (χ2n) is 3.69. The number of methoxy groups -OCH3 is 1. The minimum Gasteiger partial charge on any atom is -0.479 e. The molecule has 0 saturated heterocycles.